The van der Waals surface area contributed by atoms with E-state index in [1.807, 2.05) is 6.92 Å². The molecule has 1 heterocycles. The zero-order chi connectivity index (χ0) is 14.8. The van der Waals surface area contributed by atoms with E-state index in [1.165, 1.54) is 6.07 Å². The van der Waals surface area contributed by atoms with Gasteiger partial charge in [-0.2, -0.15) is 0 Å². The van der Waals surface area contributed by atoms with Crippen LogP contribution < -0.4 is 10.6 Å². The van der Waals surface area contributed by atoms with Gasteiger partial charge in [0.15, 0.2) is 0 Å². The summed E-state index contributed by atoms with van der Waals surface area (Å²) in [6, 6.07) is 4.11. The molecule has 1 aliphatic carbocycles. The Bertz CT molecular complexity index is 665. The first-order valence-corrected chi connectivity index (χ1v) is 6.88. The van der Waals surface area contributed by atoms with E-state index in [9.17, 15) is 9.18 Å². The summed E-state index contributed by atoms with van der Waals surface area (Å²) in [6.45, 7) is 2.15. The van der Waals surface area contributed by atoms with E-state index in [4.69, 9.17) is 4.52 Å². The molecule has 0 bridgehead atoms. The van der Waals surface area contributed by atoms with Crippen LogP contribution in [0.4, 0.5) is 14.9 Å². The smallest absolute Gasteiger partial charge is 0.319 e. The molecule has 0 radical (unpaired) electrons. The number of hydrogen-bond acceptors (Lipinski definition) is 3. The summed E-state index contributed by atoms with van der Waals surface area (Å²) < 4.78 is 18.7. The molecule has 0 aliphatic heterocycles. The zero-order valence-electron chi connectivity index (χ0n) is 11.6. The van der Waals surface area contributed by atoms with Crippen molar-refractivity contribution in [3.8, 4) is 0 Å². The monoisotopic (exact) mass is 289 g/mol. The summed E-state index contributed by atoms with van der Waals surface area (Å²) in [5, 5.41) is 8.95. The lowest BCUT2D eigenvalue weighted by atomic mass is 10.2. The SMILES string of the molecule is Cc1ccc(F)c(NC(=O)NCc2cnoc2C2CC2)c1. The van der Waals surface area contributed by atoms with Crippen LogP contribution >= 0.6 is 0 Å². The number of carbonyl (C=O) groups is 1. The summed E-state index contributed by atoms with van der Waals surface area (Å²) in [5.41, 5.74) is 1.92. The van der Waals surface area contributed by atoms with Crippen LogP contribution in [0.25, 0.3) is 0 Å². The molecule has 1 aromatic heterocycles. The van der Waals surface area contributed by atoms with Gasteiger partial charge in [0.25, 0.3) is 0 Å². The highest BCUT2D eigenvalue weighted by Gasteiger charge is 2.30. The highest BCUT2D eigenvalue weighted by atomic mass is 19.1. The quantitative estimate of drug-likeness (QED) is 0.907. The van der Waals surface area contributed by atoms with Crippen molar-refractivity contribution < 1.29 is 13.7 Å². The van der Waals surface area contributed by atoms with Gasteiger partial charge in [-0.3, -0.25) is 0 Å². The molecule has 2 N–H and O–H groups in total. The number of aromatic nitrogens is 1. The highest BCUT2D eigenvalue weighted by molar-refractivity contribution is 5.89. The van der Waals surface area contributed by atoms with E-state index in [1.54, 1.807) is 18.3 Å². The maximum Gasteiger partial charge on any atom is 0.319 e. The largest absolute Gasteiger partial charge is 0.361 e. The molecule has 2 amide bonds. The fraction of sp³-hybridized carbons (Fsp3) is 0.333. The lowest BCUT2D eigenvalue weighted by Crippen LogP contribution is -2.28. The number of aryl methyl sites for hydroxylation is 1. The molecule has 6 heteroatoms. The number of rotatable bonds is 4. The van der Waals surface area contributed by atoms with Crippen molar-refractivity contribution >= 4 is 11.7 Å². The number of urea groups is 1. The van der Waals surface area contributed by atoms with Gasteiger partial charge in [-0.05, 0) is 37.5 Å². The van der Waals surface area contributed by atoms with Crippen molar-refractivity contribution in [2.45, 2.75) is 32.2 Å². The predicted octanol–water partition coefficient (Wildman–Crippen LogP) is 3.32. The molecular weight excluding hydrogens is 273 g/mol. The van der Waals surface area contributed by atoms with Gasteiger partial charge < -0.3 is 15.2 Å². The Morgan fingerprint density at radius 3 is 3.05 bits per heavy atom. The Labute approximate surface area is 121 Å². The van der Waals surface area contributed by atoms with Gasteiger partial charge in [0.1, 0.15) is 11.6 Å². The maximum atomic E-state index is 13.6. The van der Waals surface area contributed by atoms with Gasteiger partial charge in [-0.1, -0.05) is 11.2 Å². The third-order valence-electron chi connectivity index (χ3n) is 3.43. The molecule has 1 aromatic carbocycles. The van der Waals surface area contributed by atoms with Crippen molar-refractivity contribution in [1.82, 2.24) is 10.5 Å². The minimum atomic E-state index is -0.459. The van der Waals surface area contributed by atoms with Gasteiger partial charge in [0.05, 0.1) is 11.9 Å². The number of amides is 2. The molecule has 1 aliphatic rings. The number of nitrogens with zero attached hydrogens (tertiary/aromatic N) is 1. The minimum Gasteiger partial charge on any atom is -0.361 e. The second kappa shape index (κ2) is 5.55. The molecule has 1 saturated carbocycles. The van der Waals surface area contributed by atoms with Gasteiger partial charge in [0, 0.05) is 18.0 Å². The maximum absolute atomic E-state index is 13.6. The average Bonchev–Trinajstić information content (AvgIpc) is 3.19. The Morgan fingerprint density at radius 1 is 1.48 bits per heavy atom. The second-order valence-corrected chi connectivity index (χ2v) is 5.28. The van der Waals surface area contributed by atoms with Crippen molar-refractivity contribution in [3.05, 3.63) is 47.1 Å². The molecule has 0 spiro atoms. The Morgan fingerprint density at radius 2 is 2.29 bits per heavy atom. The molecule has 21 heavy (non-hydrogen) atoms. The third kappa shape index (κ3) is 3.21. The lowest BCUT2D eigenvalue weighted by molar-refractivity contribution is 0.251. The van der Waals surface area contributed by atoms with E-state index in [2.05, 4.69) is 15.8 Å². The molecule has 0 atom stereocenters. The first-order chi connectivity index (χ1) is 10.1. The van der Waals surface area contributed by atoms with E-state index in [-0.39, 0.29) is 5.69 Å². The van der Waals surface area contributed by atoms with Gasteiger partial charge in [0.2, 0.25) is 0 Å². The van der Waals surface area contributed by atoms with Crippen molar-refractivity contribution in [1.29, 1.82) is 0 Å². The molecule has 5 nitrogen and oxygen atoms in total. The van der Waals surface area contributed by atoms with Crippen molar-refractivity contribution in [2.75, 3.05) is 5.32 Å². The first kappa shape index (κ1) is 13.6. The van der Waals surface area contributed by atoms with E-state index in [0.29, 0.717) is 12.5 Å². The van der Waals surface area contributed by atoms with Crippen LogP contribution in [0.5, 0.6) is 0 Å². The zero-order valence-corrected chi connectivity index (χ0v) is 11.6. The fourth-order valence-corrected chi connectivity index (χ4v) is 2.16. The van der Waals surface area contributed by atoms with Gasteiger partial charge in [-0.15, -0.1) is 0 Å². The molecule has 3 rings (SSSR count). The molecule has 110 valence electrons. The van der Waals surface area contributed by atoms with Crippen LogP contribution in [0.3, 0.4) is 0 Å². The Kier molecular flexibility index (Phi) is 3.60. The predicted molar refractivity (Wildman–Crippen MR) is 75.5 cm³/mol. The topological polar surface area (TPSA) is 67.2 Å². The third-order valence-corrected chi connectivity index (χ3v) is 3.43. The van der Waals surface area contributed by atoms with Gasteiger partial charge >= 0.3 is 6.03 Å². The minimum absolute atomic E-state index is 0.167. The summed E-state index contributed by atoms with van der Waals surface area (Å²) in [4.78, 5) is 11.8. The number of halogens is 1. The van der Waals surface area contributed by atoms with Crippen LogP contribution in [-0.4, -0.2) is 11.2 Å². The summed E-state index contributed by atoms with van der Waals surface area (Å²) in [6.07, 6.45) is 3.81. The Hall–Kier alpha value is -2.37. The van der Waals surface area contributed by atoms with Crippen LogP contribution in [0.15, 0.2) is 28.9 Å². The molecule has 1 fully saturated rings. The van der Waals surface area contributed by atoms with Gasteiger partial charge in [-0.25, -0.2) is 9.18 Å². The number of carbonyl (C=O) groups excluding carboxylic acids is 1. The molecule has 0 saturated heterocycles. The number of nitrogens with one attached hydrogen (secondary N) is 2. The fourth-order valence-electron chi connectivity index (χ4n) is 2.16. The number of anilines is 1. The second-order valence-electron chi connectivity index (χ2n) is 5.28. The van der Waals surface area contributed by atoms with Crippen LogP contribution in [0, 0.1) is 12.7 Å². The van der Waals surface area contributed by atoms with E-state index in [0.717, 1.165) is 29.7 Å². The summed E-state index contributed by atoms with van der Waals surface area (Å²) in [7, 11) is 0. The standard InChI is InChI=1S/C15H16FN3O2/c1-9-2-5-12(16)13(6-9)19-15(20)17-7-11-8-18-21-14(11)10-3-4-10/h2,5-6,8,10H,3-4,7H2,1H3,(H2,17,19,20). The normalized spacial score (nSPS) is 14.0. The average molecular weight is 289 g/mol. The van der Waals surface area contributed by atoms with Crippen LogP contribution in [0.2, 0.25) is 0 Å². The molecule has 2 aromatic rings. The number of hydrogen-bond donors (Lipinski definition) is 2. The van der Waals surface area contributed by atoms with Crippen LogP contribution in [-0.2, 0) is 6.54 Å². The van der Waals surface area contributed by atoms with Crippen LogP contribution in [0.1, 0.15) is 35.6 Å². The first-order valence-electron chi connectivity index (χ1n) is 6.88. The summed E-state index contributed by atoms with van der Waals surface area (Å²) >= 11 is 0. The lowest BCUT2D eigenvalue weighted by Gasteiger charge is -2.08. The highest BCUT2D eigenvalue weighted by Crippen LogP contribution is 2.41. The molecular formula is C15H16FN3O2. The number of benzene rings is 1. The Balaban J connectivity index is 1.59. The molecule has 0 unspecified atom stereocenters. The van der Waals surface area contributed by atoms with Crippen molar-refractivity contribution in [2.24, 2.45) is 0 Å². The van der Waals surface area contributed by atoms with E-state index >= 15 is 0 Å². The van der Waals surface area contributed by atoms with E-state index < -0.39 is 11.8 Å². The summed E-state index contributed by atoms with van der Waals surface area (Å²) in [5.74, 6) is 0.818. The van der Waals surface area contributed by atoms with Crippen molar-refractivity contribution in [3.63, 3.8) is 0 Å².